The summed E-state index contributed by atoms with van der Waals surface area (Å²) in [6, 6.07) is 11.3. The van der Waals surface area contributed by atoms with E-state index < -0.39 is 0 Å². The first kappa shape index (κ1) is 20.7. The van der Waals surface area contributed by atoms with Gasteiger partial charge < -0.3 is 19.2 Å². The van der Waals surface area contributed by atoms with Crippen molar-refractivity contribution in [1.82, 2.24) is 14.9 Å². The number of aryl methyl sites for hydroxylation is 1. The van der Waals surface area contributed by atoms with Gasteiger partial charge in [0.2, 0.25) is 0 Å². The predicted octanol–water partition coefficient (Wildman–Crippen LogP) is 3.15. The number of hydrogen-bond acceptors (Lipinski definition) is 6. The fraction of sp³-hybridized carbons (Fsp3) is 0.364. The highest BCUT2D eigenvalue weighted by atomic mass is 16.5. The zero-order valence-corrected chi connectivity index (χ0v) is 17.3. The molecule has 29 heavy (non-hydrogen) atoms. The third-order valence-electron chi connectivity index (χ3n) is 4.84. The van der Waals surface area contributed by atoms with E-state index in [2.05, 4.69) is 21.8 Å². The van der Waals surface area contributed by atoms with Crippen molar-refractivity contribution in [3.63, 3.8) is 0 Å². The Balaban J connectivity index is 1.73. The highest BCUT2D eigenvalue weighted by molar-refractivity contribution is 5.81. The van der Waals surface area contributed by atoms with Crippen LogP contribution in [-0.2, 0) is 6.54 Å². The van der Waals surface area contributed by atoms with Crippen LogP contribution in [0.15, 0.2) is 41.2 Å². The number of para-hydroxylation sites is 1. The lowest BCUT2D eigenvalue weighted by Gasteiger charge is -2.20. The Morgan fingerprint density at radius 2 is 1.79 bits per heavy atom. The molecular formula is C22H27N3O4. The molecule has 1 heterocycles. The molecule has 1 aromatic heterocycles. The molecule has 154 valence electrons. The molecule has 0 saturated heterocycles. The van der Waals surface area contributed by atoms with Crippen LogP contribution in [0.4, 0.5) is 0 Å². The van der Waals surface area contributed by atoms with E-state index in [0.717, 1.165) is 24.4 Å². The molecule has 0 bridgehead atoms. The van der Waals surface area contributed by atoms with Gasteiger partial charge in [0, 0.05) is 12.6 Å². The number of H-pyrrole nitrogens is 1. The smallest absolute Gasteiger partial charge is 0.258 e. The van der Waals surface area contributed by atoms with Crippen molar-refractivity contribution in [2.45, 2.75) is 20.4 Å². The van der Waals surface area contributed by atoms with Crippen LogP contribution in [0.2, 0.25) is 0 Å². The molecule has 0 amide bonds. The summed E-state index contributed by atoms with van der Waals surface area (Å²) in [6.45, 7) is 6.71. The second-order valence-electron chi connectivity index (χ2n) is 6.72. The van der Waals surface area contributed by atoms with Crippen molar-refractivity contribution in [2.24, 2.45) is 0 Å². The van der Waals surface area contributed by atoms with E-state index in [-0.39, 0.29) is 5.56 Å². The van der Waals surface area contributed by atoms with Gasteiger partial charge in [0.15, 0.2) is 11.5 Å². The molecular weight excluding hydrogens is 370 g/mol. The fourth-order valence-corrected chi connectivity index (χ4v) is 3.15. The lowest BCUT2D eigenvalue weighted by molar-refractivity contribution is 0.206. The Labute approximate surface area is 170 Å². The Kier molecular flexibility index (Phi) is 6.72. The number of ether oxygens (including phenoxy) is 3. The number of likely N-dealkylation sites (N-methyl/N-ethyl adjacent to an activating group) is 1. The fourth-order valence-electron chi connectivity index (χ4n) is 3.15. The van der Waals surface area contributed by atoms with Crippen molar-refractivity contribution < 1.29 is 14.2 Å². The van der Waals surface area contributed by atoms with Crippen molar-refractivity contribution in [1.29, 1.82) is 0 Å². The van der Waals surface area contributed by atoms with E-state index in [1.807, 2.05) is 31.2 Å². The van der Waals surface area contributed by atoms with Crippen molar-refractivity contribution in [2.75, 3.05) is 33.9 Å². The van der Waals surface area contributed by atoms with Crippen LogP contribution in [0, 0.1) is 6.92 Å². The zero-order valence-electron chi connectivity index (χ0n) is 17.3. The first-order chi connectivity index (χ1) is 14.0. The van der Waals surface area contributed by atoms with Crippen LogP contribution in [-0.4, -0.2) is 48.8 Å². The normalized spacial score (nSPS) is 11.1. The second kappa shape index (κ2) is 9.43. The van der Waals surface area contributed by atoms with Gasteiger partial charge in [-0.25, -0.2) is 4.98 Å². The van der Waals surface area contributed by atoms with Gasteiger partial charge in [-0.2, -0.15) is 0 Å². The average molecular weight is 397 g/mol. The number of aromatic nitrogens is 2. The molecule has 3 aromatic rings. The molecule has 0 aliphatic heterocycles. The maximum atomic E-state index is 12.5. The van der Waals surface area contributed by atoms with Gasteiger partial charge in [-0.15, -0.1) is 0 Å². The van der Waals surface area contributed by atoms with Crippen LogP contribution in [0.5, 0.6) is 17.2 Å². The number of hydrogen-bond donors (Lipinski definition) is 1. The summed E-state index contributed by atoms with van der Waals surface area (Å²) < 4.78 is 16.5. The number of aromatic amines is 1. The topological polar surface area (TPSA) is 76.7 Å². The van der Waals surface area contributed by atoms with Gasteiger partial charge in [-0.05, 0) is 31.2 Å². The van der Waals surface area contributed by atoms with E-state index in [9.17, 15) is 4.79 Å². The monoisotopic (exact) mass is 397 g/mol. The van der Waals surface area contributed by atoms with E-state index in [1.165, 1.54) is 7.11 Å². The quantitative estimate of drug-likeness (QED) is 0.598. The number of methoxy groups -OCH3 is 2. The molecule has 0 radical (unpaired) electrons. The first-order valence-corrected chi connectivity index (χ1v) is 9.61. The van der Waals surface area contributed by atoms with E-state index in [1.54, 1.807) is 19.2 Å². The molecule has 0 aliphatic rings. The molecule has 0 spiro atoms. The summed E-state index contributed by atoms with van der Waals surface area (Å²) in [5.74, 6) is 2.54. The van der Waals surface area contributed by atoms with Crippen LogP contribution in [0.3, 0.4) is 0 Å². The minimum Gasteiger partial charge on any atom is -0.493 e. The van der Waals surface area contributed by atoms with E-state index in [4.69, 9.17) is 14.2 Å². The van der Waals surface area contributed by atoms with Gasteiger partial charge in [0.05, 0.1) is 31.7 Å². The van der Waals surface area contributed by atoms with Gasteiger partial charge in [-0.3, -0.25) is 9.69 Å². The number of benzene rings is 2. The molecule has 1 N–H and O–H groups in total. The van der Waals surface area contributed by atoms with Crippen molar-refractivity contribution in [3.05, 3.63) is 58.1 Å². The average Bonchev–Trinajstić information content (AvgIpc) is 2.73. The van der Waals surface area contributed by atoms with Gasteiger partial charge in [0.1, 0.15) is 18.2 Å². The molecule has 7 heteroatoms. The molecule has 7 nitrogen and oxygen atoms in total. The summed E-state index contributed by atoms with van der Waals surface area (Å²) in [5.41, 5.74) is 1.49. The Morgan fingerprint density at radius 1 is 1.07 bits per heavy atom. The number of nitrogens with zero attached hydrogens (tertiary/aromatic N) is 2. The van der Waals surface area contributed by atoms with Gasteiger partial charge in [-0.1, -0.05) is 25.1 Å². The molecule has 0 atom stereocenters. The highest BCUT2D eigenvalue weighted by Gasteiger charge is 2.13. The summed E-state index contributed by atoms with van der Waals surface area (Å²) in [7, 11) is 3.10. The summed E-state index contributed by atoms with van der Waals surface area (Å²) >= 11 is 0. The van der Waals surface area contributed by atoms with Crippen molar-refractivity contribution >= 4 is 10.9 Å². The molecule has 0 aliphatic carbocycles. The third kappa shape index (κ3) is 4.86. The summed E-state index contributed by atoms with van der Waals surface area (Å²) in [4.78, 5) is 22.2. The minimum atomic E-state index is -0.196. The number of fused-ring (bicyclic) bond motifs is 1. The Hall–Kier alpha value is -3.06. The maximum Gasteiger partial charge on any atom is 0.258 e. The zero-order chi connectivity index (χ0) is 20.8. The lowest BCUT2D eigenvalue weighted by atomic mass is 10.2. The highest BCUT2D eigenvalue weighted by Crippen LogP contribution is 2.29. The molecule has 0 saturated carbocycles. The predicted molar refractivity (Wildman–Crippen MR) is 113 cm³/mol. The van der Waals surface area contributed by atoms with Crippen LogP contribution in [0.1, 0.15) is 18.3 Å². The third-order valence-corrected chi connectivity index (χ3v) is 4.84. The second-order valence-corrected chi connectivity index (χ2v) is 6.72. The minimum absolute atomic E-state index is 0.196. The lowest BCUT2D eigenvalue weighted by Crippen LogP contribution is -2.29. The Bertz CT molecular complexity index is 1030. The number of rotatable bonds is 9. The molecule has 2 aromatic carbocycles. The van der Waals surface area contributed by atoms with Gasteiger partial charge >= 0.3 is 0 Å². The number of nitrogens with one attached hydrogen (secondary N) is 1. The van der Waals surface area contributed by atoms with Crippen LogP contribution in [0.25, 0.3) is 10.9 Å². The molecule has 0 unspecified atom stereocenters. The van der Waals surface area contributed by atoms with E-state index in [0.29, 0.717) is 41.4 Å². The van der Waals surface area contributed by atoms with E-state index >= 15 is 0 Å². The maximum absolute atomic E-state index is 12.5. The van der Waals surface area contributed by atoms with Gasteiger partial charge in [0.25, 0.3) is 5.56 Å². The summed E-state index contributed by atoms with van der Waals surface area (Å²) in [6.07, 6.45) is 0. The molecule has 0 fully saturated rings. The molecule has 3 rings (SSSR count). The SMILES string of the molecule is CCN(CCOc1ccccc1C)Cc1nc2cc(OC)c(OC)cc2c(=O)[nH]1. The summed E-state index contributed by atoms with van der Waals surface area (Å²) in [5, 5.41) is 0.470. The van der Waals surface area contributed by atoms with Crippen molar-refractivity contribution in [3.8, 4) is 17.2 Å². The van der Waals surface area contributed by atoms with Crippen LogP contribution < -0.4 is 19.8 Å². The Morgan fingerprint density at radius 3 is 2.48 bits per heavy atom. The standard InChI is InChI=1S/C22H27N3O4/c1-5-25(10-11-29-18-9-7-6-8-15(18)2)14-21-23-17-13-20(28-4)19(27-3)12-16(17)22(26)24-21/h6-9,12-13H,5,10-11,14H2,1-4H3,(H,23,24,26). The first-order valence-electron chi connectivity index (χ1n) is 9.61. The van der Waals surface area contributed by atoms with Crippen LogP contribution >= 0.6 is 0 Å². The largest absolute Gasteiger partial charge is 0.493 e.